The summed E-state index contributed by atoms with van der Waals surface area (Å²) in [4.78, 5) is 23.3. The molecule has 0 amide bonds. The van der Waals surface area contributed by atoms with Gasteiger partial charge in [0.15, 0.2) is 5.78 Å². The van der Waals surface area contributed by atoms with Crippen LogP contribution in [-0.4, -0.2) is 23.7 Å². The van der Waals surface area contributed by atoms with Crippen molar-refractivity contribution in [3.8, 4) is 5.75 Å². The summed E-state index contributed by atoms with van der Waals surface area (Å²) >= 11 is 0. The van der Waals surface area contributed by atoms with Crippen LogP contribution in [0, 0.1) is 0 Å². The van der Waals surface area contributed by atoms with Gasteiger partial charge < -0.3 is 9.68 Å². The van der Waals surface area contributed by atoms with Crippen molar-refractivity contribution < 1.29 is 19.3 Å². The monoisotopic (exact) mass is 274 g/mol. The molecule has 0 radical (unpaired) electrons. The standard InChI is InChI=1S/C15H19BO4/c1-3-5-13(18)9-12-8-11-6-4-7-14(10(2)17)15(11)20-16(12)19/h4,6-7,12,19H,3,5,8-9H2,1-2H3/t12-/m1/s1. The number of hydrogen-bond donors (Lipinski definition) is 1. The Morgan fingerprint density at radius 2 is 2.20 bits per heavy atom. The van der Waals surface area contributed by atoms with Gasteiger partial charge in [-0.1, -0.05) is 19.1 Å². The van der Waals surface area contributed by atoms with Crippen molar-refractivity contribution in [3.05, 3.63) is 29.3 Å². The molecular weight excluding hydrogens is 255 g/mol. The minimum Gasteiger partial charge on any atom is -0.535 e. The topological polar surface area (TPSA) is 63.6 Å². The zero-order chi connectivity index (χ0) is 14.7. The molecule has 0 saturated heterocycles. The SMILES string of the molecule is CCCC(=O)C[C@H]1Cc2cccc(C(C)=O)c2OB1O. The minimum atomic E-state index is -1.02. The third-order valence-electron chi connectivity index (χ3n) is 3.62. The Morgan fingerprint density at radius 3 is 2.85 bits per heavy atom. The number of carbonyl (C=O) groups excluding carboxylic acids is 2. The fraction of sp³-hybridized carbons (Fsp3) is 0.467. The van der Waals surface area contributed by atoms with Crippen LogP contribution >= 0.6 is 0 Å². The van der Waals surface area contributed by atoms with Gasteiger partial charge in [-0.15, -0.1) is 0 Å². The molecule has 2 rings (SSSR count). The molecule has 1 N–H and O–H groups in total. The normalized spacial score (nSPS) is 17.4. The number of Topliss-reactive ketones (excluding diaryl/α,β-unsaturated/α-hetero) is 2. The summed E-state index contributed by atoms with van der Waals surface area (Å²) in [5, 5.41) is 10.1. The number of rotatable bonds is 5. The molecule has 0 aromatic heterocycles. The molecule has 0 bridgehead atoms. The van der Waals surface area contributed by atoms with E-state index in [4.69, 9.17) is 4.65 Å². The smallest absolute Gasteiger partial charge is 0.526 e. The van der Waals surface area contributed by atoms with Gasteiger partial charge in [-0.2, -0.15) is 0 Å². The van der Waals surface area contributed by atoms with E-state index in [9.17, 15) is 14.6 Å². The van der Waals surface area contributed by atoms with Crippen molar-refractivity contribution in [1.29, 1.82) is 0 Å². The first-order valence-corrected chi connectivity index (χ1v) is 7.02. The minimum absolute atomic E-state index is 0.0884. The summed E-state index contributed by atoms with van der Waals surface area (Å²) < 4.78 is 5.50. The van der Waals surface area contributed by atoms with Gasteiger partial charge >= 0.3 is 7.12 Å². The van der Waals surface area contributed by atoms with Gasteiger partial charge in [0, 0.05) is 18.7 Å². The maximum absolute atomic E-state index is 11.7. The lowest BCUT2D eigenvalue weighted by molar-refractivity contribution is -0.119. The van der Waals surface area contributed by atoms with Gasteiger partial charge in [-0.25, -0.2) is 0 Å². The number of ketones is 2. The number of hydrogen-bond acceptors (Lipinski definition) is 4. The lowest BCUT2D eigenvalue weighted by Gasteiger charge is -2.28. The highest BCUT2D eigenvalue weighted by atomic mass is 16.5. The molecule has 20 heavy (non-hydrogen) atoms. The summed E-state index contributed by atoms with van der Waals surface area (Å²) in [6, 6.07) is 5.38. The van der Waals surface area contributed by atoms with Crippen LogP contribution in [0.2, 0.25) is 5.82 Å². The van der Waals surface area contributed by atoms with Crippen LogP contribution in [0.5, 0.6) is 5.75 Å². The molecule has 106 valence electrons. The molecular formula is C15H19BO4. The van der Waals surface area contributed by atoms with E-state index in [0.29, 0.717) is 30.6 Å². The van der Waals surface area contributed by atoms with Crippen molar-refractivity contribution in [2.75, 3.05) is 0 Å². The molecule has 0 aliphatic carbocycles. The third kappa shape index (κ3) is 3.10. The fourth-order valence-corrected chi connectivity index (χ4v) is 2.61. The lowest BCUT2D eigenvalue weighted by atomic mass is 9.64. The first-order chi connectivity index (χ1) is 9.52. The molecule has 1 atom stereocenters. The number of carbonyl (C=O) groups is 2. The van der Waals surface area contributed by atoms with Crippen LogP contribution in [0.4, 0.5) is 0 Å². The molecule has 1 aliphatic rings. The second-order valence-electron chi connectivity index (χ2n) is 5.32. The third-order valence-corrected chi connectivity index (χ3v) is 3.62. The lowest BCUT2D eigenvalue weighted by Crippen LogP contribution is -2.35. The predicted octanol–water partition coefficient (Wildman–Crippen LogP) is 2.43. The average Bonchev–Trinajstić information content (AvgIpc) is 2.39. The molecule has 0 fully saturated rings. The van der Waals surface area contributed by atoms with E-state index >= 15 is 0 Å². The molecule has 0 spiro atoms. The van der Waals surface area contributed by atoms with E-state index in [2.05, 4.69) is 0 Å². The van der Waals surface area contributed by atoms with Crippen LogP contribution in [0.25, 0.3) is 0 Å². The molecule has 1 aliphatic heterocycles. The number of benzene rings is 1. The zero-order valence-electron chi connectivity index (χ0n) is 11.9. The quantitative estimate of drug-likeness (QED) is 0.661. The zero-order valence-corrected chi connectivity index (χ0v) is 11.9. The van der Waals surface area contributed by atoms with Crippen LogP contribution in [0.15, 0.2) is 18.2 Å². The van der Waals surface area contributed by atoms with Crippen molar-refractivity contribution in [1.82, 2.24) is 0 Å². The Kier molecular flexibility index (Phi) is 4.60. The van der Waals surface area contributed by atoms with E-state index in [1.54, 1.807) is 6.07 Å². The largest absolute Gasteiger partial charge is 0.535 e. The Balaban J connectivity index is 2.19. The summed E-state index contributed by atoms with van der Waals surface area (Å²) in [5.41, 5.74) is 1.37. The first kappa shape index (κ1) is 14.8. The second kappa shape index (κ2) is 6.22. The van der Waals surface area contributed by atoms with Crippen molar-refractivity contribution in [2.24, 2.45) is 0 Å². The summed E-state index contributed by atoms with van der Waals surface area (Å²) in [6.45, 7) is 3.43. The summed E-state index contributed by atoms with van der Waals surface area (Å²) in [5.74, 6) is 0.288. The predicted molar refractivity (Wildman–Crippen MR) is 77.0 cm³/mol. The highest BCUT2D eigenvalue weighted by Crippen LogP contribution is 2.36. The Labute approximate surface area is 119 Å². The summed E-state index contributed by atoms with van der Waals surface area (Å²) in [6.07, 6.45) is 2.23. The highest BCUT2D eigenvalue weighted by Gasteiger charge is 2.37. The molecule has 0 unspecified atom stereocenters. The summed E-state index contributed by atoms with van der Waals surface area (Å²) in [7, 11) is -1.02. The number of para-hydroxylation sites is 1. The highest BCUT2D eigenvalue weighted by molar-refractivity contribution is 6.47. The van der Waals surface area contributed by atoms with E-state index in [-0.39, 0.29) is 17.4 Å². The van der Waals surface area contributed by atoms with Crippen LogP contribution in [-0.2, 0) is 11.2 Å². The molecule has 1 aromatic carbocycles. The Morgan fingerprint density at radius 1 is 1.45 bits per heavy atom. The maximum Gasteiger partial charge on any atom is 0.526 e. The van der Waals surface area contributed by atoms with Gasteiger partial charge in [0.2, 0.25) is 0 Å². The van der Waals surface area contributed by atoms with E-state index < -0.39 is 7.12 Å². The van der Waals surface area contributed by atoms with Gasteiger partial charge in [0.25, 0.3) is 0 Å². The second-order valence-corrected chi connectivity index (χ2v) is 5.32. The number of fused-ring (bicyclic) bond motifs is 1. The van der Waals surface area contributed by atoms with E-state index in [1.807, 2.05) is 19.1 Å². The van der Waals surface area contributed by atoms with Crippen molar-refractivity contribution in [2.45, 2.75) is 45.3 Å². The Hall–Kier alpha value is -1.62. The first-order valence-electron chi connectivity index (χ1n) is 7.02. The molecule has 1 aromatic rings. The fourth-order valence-electron chi connectivity index (χ4n) is 2.61. The van der Waals surface area contributed by atoms with Crippen LogP contribution < -0.4 is 4.65 Å². The average molecular weight is 274 g/mol. The van der Waals surface area contributed by atoms with Crippen molar-refractivity contribution >= 4 is 18.7 Å². The van der Waals surface area contributed by atoms with Crippen LogP contribution in [0.3, 0.4) is 0 Å². The van der Waals surface area contributed by atoms with E-state index in [0.717, 1.165) is 12.0 Å². The maximum atomic E-state index is 11.7. The molecule has 0 saturated carbocycles. The van der Waals surface area contributed by atoms with Crippen molar-refractivity contribution in [3.63, 3.8) is 0 Å². The molecule has 5 heteroatoms. The molecule has 1 heterocycles. The van der Waals surface area contributed by atoms with E-state index in [1.165, 1.54) is 6.92 Å². The van der Waals surface area contributed by atoms with Gasteiger partial charge in [-0.3, -0.25) is 9.59 Å². The van der Waals surface area contributed by atoms with Crippen LogP contribution in [0.1, 0.15) is 49.0 Å². The molecule has 4 nitrogen and oxygen atoms in total. The van der Waals surface area contributed by atoms with Gasteiger partial charge in [0.1, 0.15) is 11.5 Å². The van der Waals surface area contributed by atoms with Gasteiger partial charge in [-0.05, 0) is 31.4 Å². The Bertz CT molecular complexity index is 527. The van der Waals surface area contributed by atoms with Gasteiger partial charge in [0.05, 0.1) is 5.56 Å².